The molecular weight excluding hydrogens is 449 g/mol. The first kappa shape index (κ1) is 25.1. The number of carbonyl (C=O) groups is 1. The average molecular weight is 479 g/mol. The zero-order valence-electron chi connectivity index (χ0n) is 18.7. The molecule has 0 radical (unpaired) electrons. The van der Waals surface area contributed by atoms with E-state index in [4.69, 9.17) is 0 Å². The zero-order chi connectivity index (χ0) is 23.7. The third-order valence-corrected chi connectivity index (χ3v) is 6.37. The molecule has 178 valence electrons. The fourth-order valence-corrected chi connectivity index (χ4v) is 4.50. The largest absolute Gasteiger partial charge is 0.412 e. The van der Waals surface area contributed by atoms with Crippen LogP contribution in [0.1, 0.15) is 51.3 Å². The van der Waals surface area contributed by atoms with E-state index in [2.05, 4.69) is 15.5 Å². The highest BCUT2D eigenvalue weighted by atomic mass is 32.2. The van der Waals surface area contributed by atoms with Crippen molar-refractivity contribution >= 4 is 17.7 Å². The highest BCUT2D eigenvalue weighted by molar-refractivity contribution is 7.99. The summed E-state index contributed by atoms with van der Waals surface area (Å²) in [7, 11) is 0. The number of allylic oxidation sites excluding steroid dienone is 3. The zero-order valence-corrected chi connectivity index (χ0v) is 19.5. The normalized spacial score (nSPS) is 14.1. The fourth-order valence-electron chi connectivity index (χ4n) is 3.51. The molecular formula is C24H29F3N4OS. The molecule has 33 heavy (non-hydrogen) atoms. The Kier molecular flexibility index (Phi) is 9.17. The van der Waals surface area contributed by atoms with Gasteiger partial charge in [-0.05, 0) is 44.2 Å². The third-order valence-electron chi connectivity index (χ3n) is 5.33. The SMILES string of the molecule is CCCNC(=O)CCCCc1nnc(SCC2=CC=C(C(F)(F)F)CC2)n1-c1ccccc1. The minimum absolute atomic E-state index is 0.0123. The number of nitrogens with one attached hydrogen (secondary N) is 1. The van der Waals surface area contributed by atoms with Gasteiger partial charge in [-0.1, -0.05) is 54.6 Å². The van der Waals surface area contributed by atoms with Crippen molar-refractivity contribution in [3.8, 4) is 5.69 Å². The number of nitrogens with zero attached hydrogens (tertiary/aromatic N) is 3. The molecule has 9 heteroatoms. The van der Waals surface area contributed by atoms with Crippen molar-refractivity contribution in [2.75, 3.05) is 12.3 Å². The molecule has 0 fully saturated rings. The smallest absolute Gasteiger partial charge is 0.356 e. The van der Waals surface area contributed by atoms with Crippen LogP contribution in [0.5, 0.6) is 0 Å². The van der Waals surface area contributed by atoms with Crippen LogP contribution in [0.3, 0.4) is 0 Å². The maximum atomic E-state index is 12.8. The minimum atomic E-state index is -4.26. The quantitative estimate of drug-likeness (QED) is 0.327. The van der Waals surface area contributed by atoms with Gasteiger partial charge in [-0.2, -0.15) is 13.2 Å². The van der Waals surface area contributed by atoms with E-state index in [9.17, 15) is 18.0 Å². The van der Waals surface area contributed by atoms with E-state index >= 15 is 0 Å². The summed E-state index contributed by atoms with van der Waals surface area (Å²) in [6, 6.07) is 9.78. The van der Waals surface area contributed by atoms with E-state index in [0.717, 1.165) is 36.3 Å². The topological polar surface area (TPSA) is 59.8 Å². The Hall–Kier alpha value is -2.55. The van der Waals surface area contributed by atoms with Gasteiger partial charge in [-0.3, -0.25) is 9.36 Å². The van der Waals surface area contributed by atoms with E-state index in [-0.39, 0.29) is 12.3 Å². The fraction of sp³-hybridized carbons (Fsp3) is 0.458. The Labute approximate surface area is 196 Å². The molecule has 3 rings (SSSR count). The van der Waals surface area contributed by atoms with Crippen LogP contribution in [0.2, 0.25) is 0 Å². The van der Waals surface area contributed by atoms with Crippen LogP contribution in [0.25, 0.3) is 5.69 Å². The highest BCUT2D eigenvalue weighted by Crippen LogP contribution is 2.34. The standard InChI is InChI=1S/C24H29F3N4OS/c1-2-16-28-22(32)11-7-6-10-21-29-30-23(31(21)20-8-4-3-5-9-20)33-17-18-12-14-19(15-13-18)24(25,26)27/h3-5,8-9,12,14H,2,6-7,10-11,13,15-17H2,1H3,(H,28,32). The van der Waals surface area contributed by atoms with Crippen molar-refractivity contribution in [1.82, 2.24) is 20.1 Å². The number of hydrogen-bond acceptors (Lipinski definition) is 4. The van der Waals surface area contributed by atoms with E-state index in [1.54, 1.807) is 6.08 Å². The molecule has 1 aromatic heterocycles. The molecule has 2 aromatic rings. The summed E-state index contributed by atoms with van der Waals surface area (Å²) < 4.78 is 40.5. The van der Waals surface area contributed by atoms with Crippen molar-refractivity contribution < 1.29 is 18.0 Å². The summed E-state index contributed by atoms with van der Waals surface area (Å²) in [6.07, 6.45) is 2.58. The maximum Gasteiger partial charge on any atom is 0.412 e. The molecule has 1 aromatic carbocycles. The lowest BCUT2D eigenvalue weighted by Crippen LogP contribution is -2.23. The second kappa shape index (κ2) is 12.1. The molecule has 1 heterocycles. The number of aryl methyl sites for hydroxylation is 1. The Morgan fingerprint density at radius 2 is 1.91 bits per heavy atom. The summed E-state index contributed by atoms with van der Waals surface area (Å²) in [6.45, 7) is 2.72. The van der Waals surface area contributed by atoms with Crippen LogP contribution in [-0.4, -0.2) is 39.1 Å². The van der Waals surface area contributed by atoms with Crippen LogP contribution in [0, 0.1) is 0 Å². The third kappa shape index (κ3) is 7.48. The van der Waals surface area contributed by atoms with Gasteiger partial charge in [0.15, 0.2) is 5.16 Å². The van der Waals surface area contributed by atoms with Gasteiger partial charge in [-0.25, -0.2) is 0 Å². The van der Waals surface area contributed by atoms with Gasteiger partial charge < -0.3 is 5.32 Å². The van der Waals surface area contributed by atoms with Crippen molar-refractivity contribution in [1.29, 1.82) is 0 Å². The number of aromatic nitrogens is 3. The first-order valence-electron chi connectivity index (χ1n) is 11.2. The molecule has 0 atom stereocenters. The Balaban J connectivity index is 1.65. The molecule has 0 bridgehead atoms. The minimum Gasteiger partial charge on any atom is -0.356 e. The van der Waals surface area contributed by atoms with Gasteiger partial charge >= 0.3 is 6.18 Å². The van der Waals surface area contributed by atoms with E-state index in [0.29, 0.717) is 36.7 Å². The molecule has 1 N–H and O–H groups in total. The van der Waals surface area contributed by atoms with Crippen LogP contribution in [-0.2, 0) is 11.2 Å². The molecule has 0 saturated heterocycles. The summed E-state index contributed by atoms with van der Waals surface area (Å²) in [4.78, 5) is 11.8. The number of para-hydroxylation sites is 1. The summed E-state index contributed by atoms with van der Waals surface area (Å²) in [5.74, 6) is 1.44. The van der Waals surface area contributed by atoms with Gasteiger partial charge in [0, 0.05) is 36.4 Å². The van der Waals surface area contributed by atoms with Crippen molar-refractivity contribution in [3.63, 3.8) is 0 Å². The predicted molar refractivity (Wildman–Crippen MR) is 124 cm³/mol. The summed E-state index contributed by atoms with van der Waals surface area (Å²) in [5, 5.41) is 12.3. The number of hydrogen-bond donors (Lipinski definition) is 1. The van der Waals surface area contributed by atoms with Crippen LogP contribution in [0.4, 0.5) is 13.2 Å². The van der Waals surface area contributed by atoms with Crippen LogP contribution >= 0.6 is 11.8 Å². The van der Waals surface area contributed by atoms with Crippen LogP contribution < -0.4 is 5.32 Å². The lowest BCUT2D eigenvalue weighted by molar-refractivity contribution is -0.121. The van der Waals surface area contributed by atoms with Gasteiger partial charge in [0.25, 0.3) is 0 Å². The second-order valence-corrected chi connectivity index (χ2v) is 8.87. The predicted octanol–water partition coefficient (Wildman–Crippen LogP) is 5.81. The average Bonchev–Trinajstić information content (AvgIpc) is 3.22. The molecule has 0 saturated carbocycles. The number of thioether (sulfide) groups is 1. The Morgan fingerprint density at radius 1 is 1.12 bits per heavy atom. The van der Waals surface area contributed by atoms with E-state index < -0.39 is 11.7 Å². The van der Waals surface area contributed by atoms with Crippen molar-refractivity contribution in [2.24, 2.45) is 0 Å². The van der Waals surface area contributed by atoms with Gasteiger partial charge in [0.05, 0.1) is 0 Å². The Morgan fingerprint density at radius 3 is 2.58 bits per heavy atom. The van der Waals surface area contributed by atoms with Gasteiger partial charge in [-0.15, -0.1) is 10.2 Å². The first-order chi connectivity index (χ1) is 15.9. The highest BCUT2D eigenvalue weighted by Gasteiger charge is 2.33. The molecule has 0 aliphatic heterocycles. The molecule has 0 unspecified atom stereocenters. The first-order valence-corrected chi connectivity index (χ1v) is 12.2. The lowest BCUT2D eigenvalue weighted by atomic mass is 9.99. The monoisotopic (exact) mass is 478 g/mol. The number of carbonyl (C=O) groups excluding carboxylic acids is 1. The molecule has 0 spiro atoms. The van der Waals surface area contributed by atoms with Crippen molar-refractivity contribution in [3.05, 3.63) is 59.5 Å². The lowest BCUT2D eigenvalue weighted by Gasteiger charge is -2.17. The van der Waals surface area contributed by atoms with Crippen LogP contribution in [0.15, 0.2) is 58.8 Å². The Bertz CT molecular complexity index is 983. The van der Waals surface area contributed by atoms with Crippen molar-refractivity contribution in [2.45, 2.75) is 63.2 Å². The number of benzene rings is 1. The number of halogens is 3. The van der Waals surface area contributed by atoms with Gasteiger partial charge in [0.1, 0.15) is 5.82 Å². The van der Waals surface area contributed by atoms with E-state index in [1.165, 1.54) is 17.8 Å². The maximum absolute atomic E-state index is 12.8. The van der Waals surface area contributed by atoms with E-state index in [1.807, 2.05) is 41.8 Å². The number of rotatable bonds is 11. The molecule has 1 aliphatic carbocycles. The van der Waals surface area contributed by atoms with Gasteiger partial charge in [0.2, 0.25) is 5.91 Å². The second-order valence-electron chi connectivity index (χ2n) is 7.93. The number of alkyl halides is 3. The molecule has 1 amide bonds. The summed E-state index contributed by atoms with van der Waals surface area (Å²) in [5.41, 5.74) is 1.42. The number of amides is 1. The number of unbranched alkanes of at least 4 members (excludes halogenated alkanes) is 1. The molecule has 1 aliphatic rings. The molecule has 5 nitrogen and oxygen atoms in total. The summed E-state index contributed by atoms with van der Waals surface area (Å²) >= 11 is 1.48.